The first-order valence-corrected chi connectivity index (χ1v) is 5.96. The van der Waals surface area contributed by atoms with Gasteiger partial charge in [0.25, 0.3) is 0 Å². The van der Waals surface area contributed by atoms with Crippen molar-refractivity contribution in [3.63, 3.8) is 0 Å². The van der Waals surface area contributed by atoms with Gasteiger partial charge < -0.3 is 4.74 Å². The predicted octanol–water partition coefficient (Wildman–Crippen LogP) is 2.17. The maximum Gasteiger partial charge on any atom is 0.150 e. The van der Waals surface area contributed by atoms with E-state index in [1.165, 1.54) is 0 Å². The Bertz CT molecular complexity index is 349. The van der Waals surface area contributed by atoms with E-state index >= 15 is 0 Å². The van der Waals surface area contributed by atoms with E-state index in [1.807, 2.05) is 12.1 Å². The Labute approximate surface area is 87.6 Å². The van der Waals surface area contributed by atoms with Crippen molar-refractivity contribution in [1.82, 2.24) is 0 Å². The fraction of sp³-hybridized carbons (Fsp3) is 0.364. The second kappa shape index (κ2) is 4.05. The van der Waals surface area contributed by atoms with E-state index in [1.54, 1.807) is 17.8 Å². The molecule has 0 aromatic heterocycles. The van der Waals surface area contributed by atoms with Crippen LogP contribution in [0.2, 0.25) is 0 Å². The Morgan fingerprint density at radius 3 is 3.21 bits per heavy atom. The number of thioether (sulfide) groups is 1. The molecular formula is C11H12O2S. The molecule has 1 aliphatic heterocycles. The maximum atomic E-state index is 10.6. The summed E-state index contributed by atoms with van der Waals surface area (Å²) >= 11 is 1.78. The summed E-state index contributed by atoms with van der Waals surface area (Å²) in [5.74, 6) is 1.94. The topological polar surface area (TPSA) is 26.3 Å². The zero-order valence-electron chi connectivity index (χ0n) is 8.03. The number of hydrogen-bond donors (Lipinski definition) is 0. The summed E-state index contributed by atoms with van der Waals surface area (Å²) in [6.45, 7) is 0. The molecule has 1 aromatic rings. The minimum atomic E-state index is 0.280. The van der Waals surface area contributed by atoms with Crippen LogP contribution in [-0.2, 0) is 6.42 Å². The molecule has 1 aromatic carbocycles. The first-order chi connectivity index (χ1) is 6.83. The Kier molecular flexibility index (Phi) is 2.77. The fourth-order valence-electron chi connectivity index (χ4n) is 1.69. The van der Waals surface area contributed by atoms with Gasteiger partial charge in [0.15, 0.2) is 0 Å². The fourth-order valence-corrected chi connectivity index (χ4v) is 2.25. The Balaban J connectivity index is 2.18. The lowest BCUT2D eigenvalue weighted by Crippen LogP contribution is -2.15. The van der Waals surface area contributed by atoms with Crippen LogP contribution in [-0.4, -0.2) is 24.4 Å². The molecule has 0 amide bonds. The molecule has 2 rings (SSSR count). The number of benzene rings is 1. The molecule has 74 valence electrons. The monoisotopic (exact) mass is 208 g/mol. The Morgan fingerprint density at radius 1 is 1.64 bits per heavy atom. The summed E-state index contributed by atoms with van der Waals surface area (Å²) in [5.41, 5.74) is 1.89. The lowest BCUT2D eigenvalue weighted by molar-refractivity contribution is 0.112. The van der Waals surface area contributed by atoms with Gasteiger partial charge >= 0.3 is 0 Å². The lowest BCUT2D eigenvalue weighted by Gasteiger charge is -2.07. The summed E-state index contributed by atoms with van der Waals surface area (Å²) in [7, 11) is 0. The third kappa shape index (κ3) is 1.77. The molecule has 0 aliphatic carbocycles. The molecule has 14 heavy (non-hydrogen) atoms. The van der Waals surface area contributed by atoms with Crippen molar-refractivity contribution in [3.05, 3.63) is 29.3 Å². The third-order valence-corrected chi connectivity index (χ3v) is 3.02. The summed E-state index contributed by atoms with van der Waals surface area (Å²) in [5, 5.41) is 0. The van der Waals surface area contributed by atoms with Crippen LogP contribution in [0.3, 0.4) is 0 Å². The van der Waals surface area contributed by atoms with Crippen molar-refractivity contribution >= 4 is 18.0 Å². The molecular weight excluding hydrogens is 196 g/mol. The van der Waals surface area contributed by atoms with E-state index in [4.69, 9.17) is 4.74 Å². The van der Waals surface area contributed by atoms with E-state index < -0.39 is 0 Å². The molecule has 0 unspecified atom stereocenters. The van der Waals surface area contributed by atoms with Gasteiger partial charge in [-0.1, -0.05) is 0 Å². The second-order valence-electron chi connectivity index (χ2n) is 3.38. The van der Waals surface area contributed by atoms with E-state index in [-0.39, 0.29) is 6.10 Å². The number of rotatable bonds is 3. The molecule has 1 aliphatic rings. The molecule has 0 bridgehead atoms. The van der Waals surface area contributed by atoms with E-state index in [9.17, 15) is 4.79 Å². The number of carbonyl (C=O) groups excluding carboxylic acids is 1. The summed E-state index contributed by atoms with van der Waals surface area (Å²) < 4.78 is 5.71. The van der Waals surface area contributed by atoms with E-state index in [2.05, 4.69) is 6.26 Å². The normalized spacial score (nSPS) is 18.8. The number of hydrogen-bond acceptors (Lipinski definition) is 3. The van der Waals surface area contributed by atoms with Crippen LogP contribution in [0.5, 0.6) is 5.75 Å². The largest absolute Gasteiger partial charge is 0.489 e. The van der Waals surface area contributed by atoms with Crippen LogP contribution >= 0.6 is 11.8 Å². The molecule has 0 radical (unpaired) electrons. The number of fused-ring (bicyclic) bond motifs is 1. The zero-order valence-corrected chi connectivity index (χ0v) is 8.84. The first kappa shape index (κ1) is 9.59. The van der Waals surface area contributed by atoms with Gasteiger partial charge in [-0.2, -0.15) is 11.8 Å². The molecule has 0 saturated heterocycles. The quantitative estimate of drug-likeness (QED) is 0.712. The van der Waals surface area contributed by atoms with Gasteiger partial charge in [0.05, 0.1) is 0 Å². The molecule has 0 fully saturated rings. The molecule has 0 spiro atoms. The number of aldehydes is 1. The highest BCUT2D eigenvalue weighted by molar-refractivity contribution is 7.98. The van der Waals surface area contributed by atoms with Crippen LogP contribution in [0, 0.1) is 0 Å². The van der Waals surface area contributed by atoms with Crippen molar-refractivity contribution in [2.75, 3.05) is 12.0 Å². The summed E-state index contributed by atoms with van der Waals surface area (Å²) in [4.78, 5) is 10.6. The number of ether oxygens (including phenoxy) is 1. The van der Waals surface area contributed by atoms with Gasteiger partial charge in [-0.15, -0.1) is 0 Å². The summed E-state index contributed by atoms with van der Waals surface area (Å²) in [6.07, 6.45) is 4.16. The van der Waals surface area contributed by atoms with Gasteiger partial charge in [-0.25, -0.2) is 0 Å². The molecule has 1 atom stereocenters. The zero-order chi connectivity index (χ0) is 9.97. The minimum Gasteiger partial charge on any atom is -0.489 e. The molecule has 1 heterocycles. The highest BCUT2D eigenvalue weighted by atomic mass is 32.2. The van der Waals surface area contributed by atoms with Gasteiger partial charge in [-0.05, 0) is 30.0 Å². The van der Waals surface area contributed by atoms with E-state index in [0.29, 0.717) is 0 Å². The maximum absolute atomic E-state index is 10.6. The predicted molar refractivity (Wildman–Crippen MR) is 58.3 cm³/mol. The first-order valence-electron chi connectivity index (χ1n) is 4.57. The minimum absolute atomic E-state index is 0.280. The van der Waals surface area contributed by atoms with Gasteiger partial charge in [0, 0.05) is 17.7 Å². The second-order valence-corrected chi connectivity index (χ2v) is 4.30. The van der Waals surface area contributed by atoms with Crippen LogP contribution in [0.25, 0.3) is 0 Å². The number of carbonyl (C=O) groups is 1. The van der Waals surface area contributed by atoms with Gasteiger partial charge in [-0.3, -0.25) is 4.79 Å². The molecule has 3 heteroatoms. The smallest absolute Gasteiger partial charge is 0.150 e. The lowest BCUT2D eigenvalue weighted by atomic mass is 10.1. The van der Waals surface area contributed by atoms with Crippen molar-refractivity contribution in [2.24, 2.45) is 0 Å². The average Bonchev–Trinajstić information content (AvgIpc) is 2.59. The van der Waals surface area contributed by atoms with Crippen LogP contribution in [0.1, 0.15) is 15.9 Å². The van der Waals surface area contributed by atoms with Crippen LogP contribution in [0.15, 0.2) is 18.2 Å². The van der Waals surface area contributed by atoms with Crippen molar-refractivity contribution < 1.29 is 9.53 Å². The third-order valence-electron chi connectivity index (χ3n) is 2.31. The van der Waals surface area contributed by atoms with Gasteiger partial charge in [0.2, 0.25) is 0 Å². The van der Waals surface area contributed by atoms with Crippen molar-refractivity contribution in [3.8, 4) is 5.75 Å². The molecule has 0 N–H and O–H groups in total. The highest BCUT2D eigenvalue weighted by Gasteiger charge is 2.22. The van der Waals surface area contributed by atoms with Crippen LogP contribution < -0.4 is 4.74 Å². The van der Waals surface area contributed by atoms with Crippen molar-refractivity contribution in [2.45, 2.75) is 12.5 Å². The van der Waals surface area contributed by atoms with Gasteiger partial charge in [0.1, 0.15) is 18.1 Å². The SMILES string of the molecule is CSC[C@@H]1Cc2cc(C=O)ccc2O1. The Hall–Kier alpha value is -0.960. The highest BCUT2D eigenvalue weighted by Crippen LogP contribution is 2.30. The van der Waals surface area contributed by atoms with Crippen LogP contribution in [0.4, 0.5) is 0 Å². The molecule has 2 nitrogen and oxygen atoms in total. The standard InChI is InChI=1S/C11H12O2S/c1-14-7-10-5-9-4-8(6-12)2-3-11(9)13-10/h2-4,6,10H,5,7H2,1H3/t10-/m0/s1. The summed E-state index contributed by atoms with van der Waals surface area (Å²) in [6, 6.07) is 5.61. The van der Waals surface area contributed by atoms with E-state index in [0.717, 1.165) is 35.3 Å². The Morgan fingerprint density at radius 2 is 2.50 bits per heavy atom. The van der Waals surface area contributed by atoms with Crippen molar-refractivity contribution in [1.29, 1.82) is 0 Å². The average molecular weight is 208 g/mol. The molecule has 0 saturated carbocycles.